The molecule has 4 aromatic rings. The van der Waals surface area contributed by atoms with Gasteiger partial charge in [-0.15, -0.1) is 0 Å². The van der Waals surface area contributed by atoms with Crippen LogP contribution in [0.25, 0.3) is 22.3 Å². The lowest BCUT2D eigenvalue weighted by Crippen LogP contribution is -2.10. The zero-order valence-electron chi connectivity index (χ0n) is 19.0. The second-order valence-electron chi connectivity index (χ2n) is 7.79. The Bertz CT molecular complexity index is 1270. The maximum absolute atomic E-state index is 10.7. The minimum atomic E-state index is -1.01. The van der Waals surface area contributed by atoms with E-state index >= 15 is 0 Å². The number of aryl methyl sites for hydroxylation is 1. The van der Waals surface area contributed by atoms with Crippen molar-refractivity contribution in [2.75, 3.05) is 13.7 Å². The van der Waals surface area contributed by atoms with Crippen molar-refractivity contribution in [2.24, 2.45) is 0 Å². The first-order valence-corrected chi connectivity index (χ1v) is 10.8. The van der Waals surface area contributed by atoms with Gasteiger partial charge in [-0.05, 0) is 89.3 Å². The lowest BCUT2D eigenvalue weighted by molar-refractivity contribution is -0.139. The van der Waals surface area contributed by atoms with Crippen molar-refractivity contribution in [1.29, 1.82) is 0 Å². The largest absolute Gasteiger partial charge is 0.497 e. The summed E-state index contributed by atoms with van der Waals surface area (Å²) in [6.45, 7) is 1.84. The Morgan fingerprint density at radius 2 is 1.59 bits per heavy atom. The Balaban J connectivity index is 1.59. The molecule has 0 aliphatic rings. The van der Waals surface area contributed by atoms with E-state index in [0.717, 1.165) is 39.1 Å². The van der Waals surface area contributed by atoms with Crippen LogP contribution >= 0.6 is 0 Å². The molecular weight excluding hydrogens is 430 g/mol. The van der Waals surface area contributed by atoms with Gasteiger partial charge in [-0.1, -0.05) is 18.2 Å². The SMILES string of the molecule is COc1ccc(-c2cc(COc3ccc(OCC(=O)O)c(C)c3)cc(-c3cccnc3)c2)cc1. The highest BCUT2D eigenvalue weighted by Gasteiger charge is 2.09. The molecule has 0 unspecified atom stereocenters. The molecule has 0 bridgehead atoms. The number of hydrogen-bond acceptors (Lipinski definition) is 5. The number of benzene rings is 3. The monoisotopic (exact) mass is 455 g/mol. The van der Waals surface area contributed by atoms with E-state index in [1.807, 2.05) is 55.6 Å². The van der Waals surface area contributed by atoms with Gasteiger partial charge in [-0.25, -0.2) is 4.79 Å². The van der Waals surface area contributed by atoms with E-state index in [4.69, 9.17) is 19.3 Å². The zero-order chi connectivity index (χ0) is 23.9. The van der Waals surface area contributed by atoms with Crippen LogP contribution in [0.2, 0.25) is 0 Å². The van der Waals surface area contributed by atoms with Crippen molar-refractivity contribution >= 4 is 5.97 Å². The second-order valence-corrected chi connectivity index (χ2v) is 7.79. The quantitative estimate of drug-likeness (QED) is 0.345. The first-order chi connectivity index (χ1) is 16.5. The number of carbonyl (C=O) groups is 1. The number of pyridine rings is 1. The normalized spacial score (nSPS) is 10.5. The van der Waals surface area contributed by atoms with Crippen LogP contribution in [0.1, 0.15) is 11.1 Å². The fourth-order valence-electron chi connectivity index (χ4n) is 3.61. The summed E-state index contributed by atoms with van der Waals surface area (Å²) >= 11 is 0. The fraction of sp³-hybridized carbons (Fsp3) is 0.143. The molecule has 172 valence electrons. The molecule has 6 heteroatoms. The third-order valence-corrected chi connectivity index (χ3v) is 5.31. The van der Waals surface area contributed by atoms with E-state index in [1.165, 1.54) is 0 Å². The number of carboxylic acids is 1. The Kier molecular flexibility index (Phi) is 7.08. The number of nitrogens with zero attached hydrogens (tertiary/aromatic N) is 1. The molecule has 0 spiro atoms. The van der Waals surface area contributed by atoms with E-state index in [-0.39, 0.29) is 6.61 Å². The van der Waals surface area contributed by atoms with Crippen LogP contribution in [0.4, 0.5) is 0 Å². The average molecular weight is 456 g/mol. The van der Waals surface area contributed by atoms with Crippen molar-refractivity contribution in [1.82, 2.24) is 4.98 Å². The summed E-state index contributed by atoms with van der Waals surface area (Å²) in [7, 11) is 1.65. The first-order valence-electron chi connectivity index (χ1n) is 10.8. The lowest BCUT2D eigenvalue weighted by atomic mass is 9.97. The number of hydrogen-bond donors (Lipinski definition) is 1. The molecular formula is C28H25NO5. The van der Waals surface area contributed by atoms with Gasteiger partial charge in [0.15, 0.2) is 6.61 Å². The van der Waals surface area contributed by atoms with Crippen LogP contribution in [0.3, 0.4) is 0 Å². The minimum absolute atomic E-state index is 0.367. The van der Waals surface area contributed by atoms with Gasteiger partial charge in [-0.3, -0.25) is 4.98 Å². The number of rotatable bonds is 9. The van der Waals surface area contributed by atoms with Gasteiger partial charge >= 0.3 is 5.97 Å². The van der Waals surface area contributed by atoms with Crippen LogP contribution in [-0.4, -0.2) is 29.8 Å². The zero-order valence-corrected chi connectivity index (χ0v) is 19.0. The van der Waals surface area contributed by atoms with Gasteiger partial charge in [-0.2, -0.15) is 0 Å². The van der Waals surface area contributed by atoms with E-state index < -0.39 is 5.97 Å². The Morgan fingerprint density at radius 1 is 0.853 bits per heavy atom. The van der Waals surface area contributed by atoms with E-state index in [0.29, 0.717) is 18.1 Å². The average Bonchev–Trinajstić information content (AvgIpc) is 2.87. The van der Waals surface area contributed by atoms with E-state index in [2.05, 4.69) is 23.2 Å². The van der Waals surface area contributed by atoms with Crippen LogP contribution in [-0.2, 0) is 11.4 Å². The summed E-state index contributed by atoms with van der Waals surface area (Å²) in [4.78, 5) is 15.0. The molecule has 0 aliphatic heterocycles. The summed E-state index contributed by atoms with van der Waals surface area (Å²) in [5, 5.41) is 8.81. The fourth-order valence-corrected chi connectivity index (χ4v) is 3.61. The number of aliphatic carboxylic acids is 1. The molecule has 34 heavy (non-hydrogen) atoms. The van der Waals surface area contributed by atoms with Crippen LogP contribution in [0.15, 0.2) is 85.2 Å². The molecule has 3 aromatic carbocycles. The molecule has 0 saturated heterocycles. The summed E-state index contributed by atoms with van der Waals surface area (Å²) in [6, 6.07) is 23.6. The summed E-state index contributed by atoms with van der Waals surface area (Å²) in [6.07, 6.45) is 3.60. The standard InChI is InChI=1S/C28H25NO5/c1-19-12-26(9-10-27(19)34-18-28(30)31)33-17-20-13-23(21-5-7-25(32-2)8-6-21)15-24(14-20)22-4-3-11-29-16-22/h3-16H,17-18H2,1-2H3,(H,30,31). The van der Waals surface area contributed by atoms with Gasteiger partial charge in [0.25, 0.3) is 0 Å². The molecule has 0 fully saturated rings. The van der Waals surface area contributed by atoms with Gasteiger partial charge in [0.1, 0.15) is 23.9 Å². The van der Waals surface area contributed by atoms with Crippen molar-refractivity contribution in [2.45, 2.75) is 13.5 Å². The van der Waals surface area contributed by atoms with Crippen molar-refractivity contribution in [3.8, 4) is 39.5 Å². The van der Waals surface area contributed by atoms with Crippen LogP contribution in [0.5, 0.6) is 17.2 Å². The summed E-state index contributed by atoms with van der Waals surface area (Å²) in [5.74, 6) is 0.996. The van der Waals surface area contributed by atoms with E-state index in [9.17, 15) is 4.79 Å². The highest BCUT2D eigenvalue weighted by atomic mass is 16.5. The highest BCUT2D eigenvalue weighted by Crippen LogP contribution is 2.30. The smallest absolute Gasteiger partial charge is 0.341 e. The molecule has 0 radical (unpaired) electrons. The molecule has 1 aromatic heterocycles. The number of carboxylic acid groups (broad SMARTS) is 1. The third kappa shape index (κ3) is 5.72. The molecule has 0 amide bonds. The molecule has 0 atom stereocenters. The summed E-state index contributed by atoms with van der Waals surface area (Å²) in [5.41, 5.74) is 6.03. The molecule has 6 nitrogen and oxygen atoms in total. The maximum atomic E-state index is 10.7. The predicted molar refractivity (Wildman–Crippen MR) is 130 cm³/mol. The predicted octanol–water partition coefficient (Wildman–Crippen LogP) is 5.78. The van der Waals surface area contributed by atoms with Crippen molar-refractivity contribution in [3.63, 3.8) is 0 Å². The second kappa shape index (κ2) is 10.5. The topological polar surface area (TPSA) is 77.9 Å². The van der Waals surface area contributed by atoms with Gasteiger partial charge in [0, 0.05) is 18.0 Å². The van der Waals surface area contributed by atoms with E-state index in [1.54, 1.807) is 25.4 Å². The van der Waals surface area contributed by atoms with Gasteiger partial charge < -0.3 is 19.3 Å². The first kappa shape index (κ1) is 22.9. The molecule has 1 heterocycles. The maximum Gasteiger partial charge on any atom is 0.341 e. The lowest BCUT2D eigenvalue weighted by Gasteiger charge is -2.13. The Hall–Kier alpha value is -4.32. The van der Waals surface area contributed by atoms with Crippen molar-refractivity contribution in [3.05, 3.63) is 96.3 Å². The van der Waals surface area contributed by atoms with Gasteiger partial charge in [0.05, 0.1) is 7.11 Å². The number of aromatic nitrogens is 1. The van der Waals surface area contributed by atoms with Crippen LogP contribution in [0, 0.1) is 6.92 Å². The Morgan fingerprint density at radius 3 is 2.24 bits per heavy atom. The molecule has 0 saturated carbocycles. The van der Waals surface area contributed by atoms with Gasteiger partial charge in [0.2, 0.25) is 0 Å². The minimum Gasteiger partial charge on any atom is -0.497 e. The summed E-state index contributed by atoms with van der Waals surface area (Å²) < 4.78 is 16.6. The highest BCUT2D eigenvalue weighted by molar-refractivity contribution is 5.74. The molecule has 0 aliphatic carbocycles. The van der Waals surface area contributed by atoms with Crippen LogP contribution < -0.4 is 14.2 Å². The molecule has 4 rings (SSSR count). The van der Waals surface area contributed by atoms with Crippen molar-refractivity contribution < 1.29 is 24.1 Å². The third-order valence-electron chi connectivity index (χ3n) is 5.31. The molecule has 1 N–H and O–H groups in total. The number of methoxy groups -OCH3 is 1. The number of ether oxygens (including phenoxy) is 3. The Labute approximate surface area is 198 Å².